The van der Waals surface area contributed by atoms with E-state index in [1.165, 1.54) is 32.6 Å². The number of hydrogen-bond acceptors (Lipinski definition) is 3. The van der Waals surface area contributed by atoms with E-state index >= 15 is 0 Å². The molecule has 2 heterocycles. The monoisotopic (exact) mass is 183 g/mol. The Morgan fingerprint density at radius 2 is 1.92 bits per heavy atom. The highest BCUT2D eigenvalue weighted by Crippen LogP contribution is 2.38. The lowest BCUT2D eigenvalue weighted by molar-refractivity contribution is -0.0263. The van der Waals surface area contributed by atoms with Gasteiger partial charge in [-0.25, -0.2) is 5.01 Å². The van der Waals surface area contributed by atoms with Gasteiger partial charge in [-0.3, -0.25) is 5.43 Å². The Bertz CT molecular complexity index is 185. The smallest absolute Gasteiger partial charge is 0.0213 e. The van der Waals surface area contributed by atoms with E-state index in [9.17, 15) is 0 Å². The van der Waals surface area contributed by atoms with Crippen LogP contribution in [-0.2, 0) is 0 Å². The summed E-state index contributed by atoms with van der Waals surface area (Å²) in [4.78, 5) is 2.60. The van der Waals surface area contributed by atoms with Gasteiger partial charge in [0.2, 0.25) is 0 Å². The van der Waals surface area contributed by atoms with E-state index in [1.807, 2.05) is 7.05 Å². The van der Waals surface area contributed by atoms with Crippen LogP contribution in [0, 0.1) is 5.41 Å². The SMILES string of the molecule is CNN1CC2(CCN(C(C)C)C2)C1. The lowest BCUT2D eigenvalue weighted by Crippen LogP contribution is -2.61. The van der Waals surface area contributed by atoms with Crippen molar-refractivity contribution >= 4 is 0 Å². The molecule has 2 aliphatic heterocycles. The van der Waals surface area contributed by atoms with Crippen LogP contribution < -0.4 is 5.43 Å². The van der Waals surface area contributed by atoms with Crippen LogP contribution >= 0.6 is 0 Å². The van der Waals surface area contributed by atoms with Gasteiger partial charge < -0.3 is 4.90 Å². The second kappa shape index (κ2) is 3.23. The zero-order valence-corrected chi connectivity index (χ0v) is 9.01. The van der Waals surface area contributed by atoms with Crippen molar-refractivity contribution in [1.82, 2.24) is 15.3 Å². The molecule has 1 N–H and O–H groups in total. The van der Waals surface area contributed by atoms with E-state index in [2.05, 4.69) is 29.2 Å². The normalized spacial score (nSPS) is 28.6. The molecule has 2 aliphatic rings. The molecule has 0 amide bonds. The number of hydrazine groups is 1. The molecule has 2 saturated heterocycles. The molecule has 2 fully saturated rings. The summed E-state index contributed by atoms with van der Waals surface area (Å²) >= 11 is 0. The second-order valence-corrected chi connectivity index (χ2v) is 4.89. The summed E-state index contributed by atoms with van der Waals surface area (Å²) in [6.45, 7) is 9.69. The van der Waals surface area contributed by atoms with Crippen LogP contribution in [0.2, 0.25) is 0 Å². The number of rotatable bonds is 2. The highest BCUT2D eigenvalue weighted by atomic mass is 15.5. The van der Waals surface area contributed by atoms with Crippen LogP contribution in [-0.4, -0.2) is 49.2 Å². The number of hydrogen-bond donors (Lipinski definition) is 1. The van der Waals surface area contributed by atoms with Crippen molar-refractivity contribution in [3.05, 3.63) is 0 Å². The van der Waals surface area contributed by atoms with Gasteiger partial charge in [-0.15, -0.1) is 0 Å². The lowest BCUT2D eigenvalue weighted by Gasteiger charge is -2.47. The van der Waals surface area contributed by atoms with Crippen molar-refractivity contribution < 1.29 is 0 Å². The molecule has 0 aromatic carbocycles. The fourth-order valence-electron chi connectivity index (χ4n) is 2.59. The maximum Gasteiger partial charge on any atom is 0.0213 e. The first-order valence-electron chi connectivity index (χ1n) is 5.32. The van der Waals surface area contributed by atoms with E-state index in [1.54, 1.807) is 0 Å². The minimum absolute atomic E-state index is 0.632. The van der Waals surface area contributed by atoms with Gasteiger partial charge in [0, 0.05) is 31.1 Å². The molecule has 0 atom stereocenters. The maximum atomic E-state index is 3.21. The molecule has 2 rings (SSSR count). The molecule has 0 unspecified atom stereocenters. The molecule has 0 bridgehead atoms. The van der Waals surface area contributed by atoms with Gasteiger partial charge in [-0.2, -0.15) is 0 Å². The van der Waals surface area contributed by atoms with Gasteiger partial charge in [0.15, 0.2) is 0 Å². The molecule has 3 nitrogen and oxygen atoms in total. The summed E-state index contributed by atoms with van der Waals surface area (Å²) in [5.74, 6) is 0. The van der Waals surface area contributed by atoms with Crippen LogP contribution in [0.4, 0.5) is 0 Å². The number of nitrogens with one attached hydrogen (secondary N) is 1. The van der Waals surface area contributed by atoms with Crippen molar-refractivity contribution in [2.45, 2.75) is 26.3 Å². The molecule has 3 heteroatoms. The molecule has 0 radical (unpaired) electrons. The fraction of sp³-hybridized carbons (Fsp3) is 1.00. The highest BCUT2D eigenvalue weighted by molar-refractivity contribution is 5.00. The van der Waals surface area contributed by atoms with Crippen LogP contribution in [0.3, 0.4) is 0 Å². The molecular weight excluding hydrogens is 162 g/mol. The predicted octanol–water partition coefficient (Wildman–Crippen LogP) is 0.537. The van der Waals surface area contributed by atoms with E-state index < -0.39 is 0 Å². The minimum atomic E-state index is 0.632. The third kappa shape index (κ3) is 1.60. The van der Waals surface area contributed by atoms with Crippen molar-refractivity contribution in [3.63, 3.8) is 0 Å². The average molecular weight is 183 g/mol. The number of nitrogens with zero attached hydrogens (tertiary/aromatic N) is 2. The van der Waals surface area contributed by atoms with Crippen molar-refractivity contribution in [2.75, 3.05) is 33.2 Å². The molecule has 0 aromatic rings. The van der Waals surface area contributed by atoms with E-state index in [0.29, 0.717) is 5.41 Å². The third-order valence-corrected chi connectivity index (χ3v) is 3.57. The van der Waals surface area contributed by atoms with Gasteiger partial charge in [-0.1, -0.05) is 0 Å². The average Bonchev–Trinajstić information content (AvgIpc) is 2.45. The van der Waals surface area contributed by atoms with Crippen LogP contribution in [0.1, 0.15) is 20.3 Å². The molecule has 13 heavy (non-hydrogen) atoms. The first kappa shape index (κ1) is 9.44. The van der Waals surface area contributed by atoms with Gasteiger partial charge in [-0.05, 0) is 33.9 Å². The van der Waals surface area contributed by atoms with E-state index in [4.69, 9.17) is 0 Å². The van der Waals surface area contributed by atoms with Crippen molar-refractivity contribution in [3.8, 4) is 0 Å². The highest BCUT2D eigenvalue weighted by Gasteiger charge is 2.47. The Morgan fingerprint density at radius 1 is 1.23 bits per heavy atom. The zero-order chi connectivity index (χ0) is 9.47. The van der Waals surface area contributed by atoms with Crippen LogP contribution in [0.5, 0.6) is 0 Å². The molecule has 1 spiro atoms. The topological polar surface area (TPSA) is 18.5 Å². The summed E-state index contributed by atoms with van der Waals surface area (Å²) in [6.07, 6.45) is 1.39. The Morgan fingerprint density at radius 3 is 2.38 bits per heavy atom. The Hall–Kier alpha value is -0.120. The summed E-state index contributed by atoms with van der Waals surface area (Å²) in [5, 5.41) is 2.31. The quantitative estimate of drug-likeness (QED) is 0.674. The van der Waals surface area contributed by atoms with E-state index in [-0.39, 0.29) is 0 Å². The Labute approximate surface area is 81.1 Å². The molecule has 0 saturated carbocycles. The van der Waals surface area contributed by atoms with Gasteiger partial charge in [0.25, 0.3) is 0 Å². The first-order valence-corrected chi connectivity index (χ1v) is 5.32. The molecule has 0 aliphatic carbocycles. The molecule has 0 aromatic heterocycles. The largest absolute Gasteiger partial charge is 0.300 e. The zero-order valence-electron chi connectivity index (χ0n) is 9.01. The third-order valence-electron chi connectivity index (χ3n) is 3.57. The lowest BCUT2D eigenvalue weighted by atomic mass is 9.80. The second-order valence-electron chi connectivity index (χ2n) is 4.89. The standard InChI is InChI=1S/C10H21N3/c1-9(2)12-5-4-10(6-12)7-13(8-10)11-3/h9,11H,4-8H2,1-3H3. The maximum absolute atomic E-state index is 3.21. The summed E-state index contributed by atoms with van der Waals surface area (Å²) < 4.78 is 0. The van der Waals surface area contributed by atoms with E-state index in [0.717, 1.165) is 6.04 Å². The summed E-state index contributed by atoms with van der Waals surface area (Å²) in [5.41, 5.74) is 3.84. The fourth-order valence-corrected chi connectivity index (χ4v) is 2.59. The van der Waals surface area contributed by atoms with Crippen molar-refractivity contribution in [2.24, 2.45) is 5.41 Å². The minimum Gasteiger partial charge on any atom is -0.300 e. The molecular formula is C10H21N3. The van der Waals surface area contributed by atoms with Crippen LogP contribution in [0.15, 0.2) is 0 Å². The van der Waals surface area contributed by atoms with Gasteiger partial charge >= 0.3 is 0 Å². The molecule has 76 valence electrons. The van der Waals surface area contributed by atoms with Gasteiger partial charge in [0.1, 0.15) is 0 Å². The summed E-state index contributed by atoms with van der Waals surface area (Å²) in [7, 11) is 2.02. The Balaban J connectivity index is 1.86. The van der Waals surface area contributed by atoms with Crippen LogP contribution in [0.25, 0.3) is 0 Å². The predicted molar refractivity (Wildman–Crippen MR) is 54.4 cm³/mol. The number of likely N-dealkylation sites (tertiary alicyclic amines) is 1. The first-order chi connectivity index (χ1) is 6.15. The Kier molecular flexibility index (Phi) is 2.34. The summed E-state index contributed by atoms with van der Waals surface area (Å²) in [6, 6.07) is 0.725. The van der Waals surface area contributed by atoms with Gasteiger partial charge in [0.05, 0.1) is 0 Å². The van der Waals surface area contributed by atoms with Crippen molar-refractivity contribution in [1.29, 1.82) is 0 Å².